The van der Waals surface area contributed by atoms with Crippen LogP contribution in [0.3, 0.4) is 0 Å². The number of hydrogen-bond acceptors (Lipinski definition) is 0. The van der Waals surface area contributed by atoms with Crippen LogP contribution in [0.4, 0.5) is 0 Å². The molecule has 0 heterocycles. The fourth-order valence-electron chi connectivity index (χ4n) is 8.48. The van der Waals surface area contributed by atoms with E-state index in [1.54, 1.807) is 0 Å². The van der Waals surface area contributed by atoms with Gasteiger partial charge in [-0.2, -0.15) is 0 Å². The van der Waals surface area contributed by atoms with Crippen LogP contribution in [0.1, 0.15) is 55.5 Å². The fraction of sp³-hybridized carbons (Fsp3) is 0.149. The van der Waals surface area contributed by atoms with Crippen LogP contribution in [0.2, 0.25) is 0 Å². The third-order valence-electron chi connectivity index (χ3n) is 11.0. The average Bonchev–Trinajstić information content (AvgIpc) is 3.48. The summed E-state index contributed by atoms with van der Waals surface area (Å²) in [4.78, 5) is 0. The van der Waals surface area contributed by atoms with Crippen molar-refractivity contribution in [3.8, 4) is 22.3 Å². The van der Waals surface area contributed by atoms with Crippen LogP contribution in [-0.4, -0.2) is 0 Å². The molecule has 2 aliphatic carbocycles. The first-order chi connectivity index (χ1) is 22.8. The maximum Gasteiger partial charge on any atom is 0 e. The summed E-state index contributed by atoms with van der Waals surface area (Å²) >= 11 is 0. The number of hydrogen-bond donors (Lipinski definition) is 0. The Bertz CT molecular complexity index is 2510. The van der Waals surface area contributed by atoms with Crippen LogP contribution in [0.15, 0.2) is 121 Å². The molecular weight excluding hydrogens is 831 g/mol. The zero-order chi connectivity index (χ0) is 32.1. The van der Waals surface area contributed by atoms with Gasteiger partial charge >= 0.3 is 0 Å². The Balaban J connectivity index is 0.000000163. The van der Waals surface area contributed by atoms with Gasteiger partial charge in [0.2, 0.25) is 0 Å². The van der Waals surface area contributed by atoms with Crippen molar-refractivity contribution in [2.75, 3.05) is 0 Å². The van der Waals surface area contributed by atoms with Gasteiger partial charge in [-0.3, -0.25) is 0 Å². The molecule has 0 atom stereocenters. The fourth-order valence-corrected chi connectivity index (χ4v) is 8.48. The van der Waals surface area contributed by atoms with Crippen molar-refractivity contribution in [2.45, 2.75) is 45.4 Å². The van der Waals surface area contributed by atoms with E-state index in [9.17, 15) is 0 Å². The van der Waals surface area contributed by atoms with E-state index in [-0.39, 0.29) is 109 Å². The topological polar surface area (TPSA) is 0 Å². The van der Waals surface area contributed by atoms with E-state index in [2.05, 4.69) is 174 Å². The second kappa shape index (κ2) is 14.2. The molecule has 0 spiro atoms. The van der Waals surface area contributed by atoms with Crippen LogP contribution in [0, 0.1) is 25.1 Å². The van der Waals surface area contributed by atoms with Crippen molar-refractivity contribution in [1.82, 2.24) is 0 Å². The maximum atomic E-state index is 3.50. The quantitative estimate of drug-likeness (QED) is 0.133. The molecule has 0 amide bonds. The molecule has 0 saturated heterocycles. The van der Waals surface area contributed by atoms with Gasteiger partial charge < -0.3 is 0 Å². The molecule has 10 rings (SSSR count). The smallest absolute Gasteiger partial charge is 0 e. The molecule has 235 valence electrons. The van der Waals surface area contributed by atoms with Gasteiger partial charge in [-0.15, -0.1) is 133 Å². The van der Waals surface area contributed by atoms with E-state index in [0.717, 1.165) is 0 Å². The van der Waals surface area contributed by atoms with E-state index in [1.165, 1.54) is 93.2 Å². The van der Waals surface area contributed by atoms with E-state index in [1.807, 2.05) is 0 Å². The average molecular weight is 867 g/mol. The molecular formula is C47H35Y3-3. The Morgan fingerprint density at radius 2 is 0.680 bits per heavy atom. The first-order valence-electron chi connectivity index (χ1n) is 16.6. The van der Waals surface area contributed by atoms with Crippen molar-refractivity contribution < 1.29 is 98.1 Å². The minimum absolute atomic E-state index is 0. The van der Waals surface area contributed by atoms with Gasteiger partial charge in [-0.1, -0.05) is 105 Å². The molecule has 3 radical (unpaired) electrons. The summed E-state index contributed by atoms with van der Waals surface area (Å²) < 4.78 is 0. The number of aryl methyl sites for hydroxylation is 1. The summed E-state index contributed by atoms with van der Waals surface area (Å²) in [5.41, 5.74) is 12.5. The zero-order valence-electron chi connectivity index (χ0n) is 29.3. The monoisotopic (exact) mass is 866 g/mol. The molecule has 0 bridgehead atoms. The molecule has 8 aromatic rings. The van der Waals surface area contributed by atoms with Crippen molar-refractivity contribution in [3.63, 3.8) is 0 Å². The van der Waals surface area contributed by atoms with Crippen LogP contribution in [0.25, 0.3) is 65.3 Å². The Hall–Kier alpha value is -1.89. The number of rotatable bonds is 0. The van der Waals surface area contributed by atoms with E-state index in [4.69, 9.17) is 0 Å². The minimum atomic E-state index is -0.00820. The third kappa shape index (κ3) is 5.63. The van der Waals surface area contributed by atoms with Gasteiger partial charge in [0.1, 0.15) is 0 Å². The summed E-state index contributed by atoms with van der Waals surface area (Å²) in [6.45, 7) is 11.5. The van der Waals surface area contributed by atoms with Crippen LogP contribution in [-0.2, 0) is 109 Å². The molecule has 0 unspecified atom stereocenters. The Labute approximate surface area is 371 Å². The molecule has 0 saturated carbocycles. The summed E-state index contributed by atoms with van der Waals surface area (Å²) in [6.07, 6.45) is 0. The summed E-state index contributed by atoms with van der Waals surface area (Å²) in [5, 5.41) is 10.2. The van der Waals surface area contributed by atoms with Gasteiger partial charge in [0, 0.05) is 98.1 Å². The maximum absolute atomic E-state index is 3.50. The standard InChI is InChI=1S/C24H19.C23H16.3Y/c1-15-14-21-23(19-11-7-6-9-17(15)19)22-18-10-5-4-8-16(18)12-13-20(22)24(21,2)3;1-23(2)19-13-11-15-7-3-5-9-17(15)21(19)22-18-10-6-4-8-16(18)12-14-20(22)23;;;/h4-11,13-14H,1-3H3;3-10,13-14H,1-2H3;;;/q-1;-2;;;. The van der Waals surface area contributed by atoms with Gasteiger partial charge in [0.25, 0.3) is 0 Å². The molecule has 0 nitrogen and oxygen atoms in total. The predicted molar refractivity (Wildman–Crippen MR) is 199 cm³/mol. The molecule has 0 aliphatic heterocycles. The number of fused-ring (bicyclic) bond motifs is 14. The van der Waals surface area contributed by atoms with E-state index in [0.29, 0.717) is 0 Å². The first-order valence-corrected chi connectivity index (χ1v) is 16.6. The second-order valence-electron chi connectivity index (χ2n) is 14.3. The minimum Gasteiger partial charge on any atom is -0.143 e. The largest absolute Gasteiger partial charge is 0.143 e. The molecule has 8 aromatic carbocycles. The molecule has 50 heavy (non-hydrogen) atoms. The van der Waals surface area contributed by atoms with Gasteiger partial charge in [0.05, 0.1) is 0 Å². The van der Waals surface area contributed by atoms with Gasteiger partial charge in [-0.25, -0.2) is 0 Å². The normalized spacial score (nSPS) is 13.9. The Kier molecular flexibility index (Phi) is 10.7. The van der Waals surface area contributed by atoms with Crippen molar-refractivity contribution in [3.05, 3.63) is 167 Å². The zero-order valence-corrected chi connectivity index (χ0v) is 37.8. The molecule has 0 fully saturated rings. The molecule has 0 aromatic heterocycles. The molecule has 3 heteroatoms. The van der Waals surface area contributed by atoms with Crippen molar-refractivity contribution >= 4 is 43.1 Å². The van der Waals surface area contributed by atoms with Crippen LogP contribution in [0.5, 0.6) is 0 Å². The molecule has 0 N–H and O–H groups in total. The Morgan fingerprint density at radius 1 is 0.380 bits per heavy atom. The van der Waals surface area contributed by atoms with Gasteiger partial charge in [0.15, 0.2) is 0 Å². The third-order valence-corrected chi connectivity index (χ3v) is 11.0. The van der Waals surface area contributed by atoms with E-state index < -0.39 is 0 Å². The second-order valence-corrected chi connectivity index (χ2v) is 14.3. The Morgan fingerprint density at radius 3 is 1.08 bits per heavy atom. The summed E-state index contributed by atoms with van der Waals surface area (Å²) in [7, 11) is 0. The summed E-state index contributed by atoms with van der Waals surface area (Å²) in [6, 6.07) is 54.1. The van der Waals surface area contributed by atoms with Crippen LogP contribution >= 0.6 is 0 Å². The van der Waals surface area contributed by atoms with Crippen LogP contribution < -0.4 is 0 Å². The number of benzene rings is 8. The first kappa shape index (κ1) is 37.9. The SMILES string of the molecule is CC1(C)c2c[c-]c3ccccc3c2-c2c1c[c-]c1ccccc21.Cc1cc2c(c3ccccc13)-c1c(c[c-]c3ccccc13)C2(C)C.[Y].[Y].[Y]. The van der Waals surface area contributed by atoms with Crippen molar-refractivity contribution in [2.24, 2.45) is 0 Å². The molecule has 2 aliphatic rings. The van der Waals surface area contributed by atoms with Gasteiger partial charge in [-0.05, 0) is 39.8 Å². The predicted octanol–water partition coefficient (Wildman–Crippen LogP) is 12.3. The van der Waals surface area contributed by atoms with E-state index >= 15 is 0 Å². The summed E-state index contributed by atoms with van der Waals surface area (Å²) in [5.74, 6) is 0. The van der Waals surface area contributed by atoms with Crippen molar-refractivity contribution in [1.29, 1.82) is 0 Å².